The smallest absolute Gasteiger partial charge is 0.146 e. The van der Waals surface area contributed by atoms with E-state index in [1.54, 1.807) is 31.1 Å². The van der Waals surface area contributed by atoms with Gasteiger partial charge in [0.15, 0.2) is 0 Å². The van der Waals surface area contributed by atoms with E-state index in [0.29, 0.717) is 11.3 Å². The second kappa shape index (κ2) is 3.85. The maximum absolute atomic E-state index is 13.8. The number of Topliss-reactive ketones (excluding diaryl/α,β-unsaturated/α-hetero) is 1. The first-order valence-corrected chi connectivity index (χ1v) is 5.39. The Morgan fingerprint density at radius 3 is 2.47 bits per heavy atom. The highest BCUT2D eigenvalue weighted by molar-refractivity contribution is 5.90. The highest BCUT2D eigenvalue weighted by Gasteiger charge is 2.45. The van der Waals surface area contributed by atoms with E-state index in [0.717, 1.165) is 0 Å². The van der Waals surface area contributed by atoms with Crippen molar-refractivity contribution in [3.05, 3.63) is 29.6 Å². The molecule has 0 aliphatic heterocycles. The van der Waals surface area contributed by atoms with Gasteiger partial charge in [0.25, 0.3) is 0 Å². The number of rotatable bonds is 2. The van der Waals surface area contributed by atoms with E-state index in [9.17, 15) is 9.18 Å². The second-order valence-corrected chi connectivity index (χ2v) is 4.65. The van der Waals surface area contributed by atoms with Crippen molar-refractivity contribution in [3.63, 3.8) is 0 Å². The molecule has 1 aliphatic rings. The predicted octanol–water partition coefficient (Wildman–Crippen LogP) is 2.02. The van der Waals surface area contributed by atoms with Crippen LogP contribution in [0.3, 0.4) is 0 Å². The number of hydrogen-bond donors (Lipinski definition) is 0. The summed E-state index contributed by atoms with van der Waals surface area (Å²) in [5, 5.41) is 9.14. The van der Waals surface area contributed by atoms with Crippen LogP contribution in [0.2, 0.25) is 0 Å². The fourth-order valence-electron chi connectivity index (χ4n) is 2.14. The lowest BCUT2D eigenvalue weighted by atomic mass is 9.65. The van der Waals surface area contributed by atoms with E-state index in [2.05, 4.69) is 6.07 Å². The molecule has 1 aromatic carbocycles. The summed E-state index contributed by atoms with van der Waals surface area (Å²) in [5.41, 5.74) is 0.276. The number of carbonyl (C=O) groups is 1. The van der Waals surface area contributed by atoms with Gasteiger partial charge in [-0.05, 0) is 17.7 Å². The van der Waals surface area contributed by atoms with E-state index < -0.39 is 5.41 Å². The normalized spacial score (nSPS) is 17.2. The van der Waals surface area contributed by atoms with E-state index in [1.165, 1.54) is 6.07 Å². The molecule has 1 fully saturated rings. The molecular formula is C13H13FN2O. The summed E-state index contributed by atoms with van der Waals surface area (Å²) in [6, 6.07) is 6.88. The molecule has 0 unspecified atom stereocenters. The Kier molecular flexibility index (Phi) is 2.62. The largest absolute Gasteiger partial charge is 0.375 e. The van der Waals surface area contributed by atoms with E-state index in [-0.39, 0.29) is 24.4 Å². The first kappa shape index (κ1) is 11.6. The lowest BCUT2D eigenvalue weighted by molar-refractivity contribution is -0.126. The molecule has 0 amide bonds. The molecule has 3 nitrogen and oxygen atoms in total. The maximum atomic E-state index is 13.8. The van der Waals surface area contributed by atoms with Gasteiger partial charge in [-0.25, -0.2) is 4.39 Å². The van der Waals surface area contributed by atoms with Crippen LogP contribution >= 0.6 is 0 Å². The molecule has 0 bridgehead atoms. The Morgan fingerprint density at radius 2 is 2.06 bits per heavy atom. The minimum atomic E-state index is -0.803. The fraction of sp³-hybridized carbons (Fsp3) is 0.385. The molecule has 0 aromatic heterocycles. The molecule has 0 N–H and O–H groups in total. The van der Waals surface area contributed by atoms with Crippen molar-refractivity contribution in [2.75, 3.05) is 19.0 Å². The van der Waals surface area contributed by atoms with Crippen LogP contribution in [0.5, 0.6) is 0 Å². The Labute approximate surface area is 99.5 Å². The van der Waals surface area contributed by atoms with Gasteiger partial charge in [-0.1, -0.05) is 6.07 Å². The summed E-state index contributed by atoms with van der Waals surface area (Å²) in [6.07, 6.45) is 0.397. The van der Waals surface area contributed by atoms with Gasteiger partial charge < -0.3 is 4.90 Å². The van der Waals surface area contributed by atoms with Crippen LogP contribution in [0, 0.1) is 17.1 Å². The van der Waals surface area contributed by atoms with Crippen LogP contribution < -0.4 is 4.90 Å². The molecule has 0 saturated heterocycles. The predicted molar refractivity (Wildman–Crippen MR) is 62.3 cm³/mol. The van der Waals surface area contributed by atoms with Crippen molar-refractivity contribution in [1.29, 1.82) is 5.26 Å². The number of anilines is 1. The number of nitriles is 1. The molecule has 2 rings (SSSR count). The lowest BCUT2D eigenvalue weighted by Gasteiger charge is -2.34. The highest BCUT2D eigenvalue weighted by atomic mass is 19.1. The number of nitrogens with zero attached hydrogens (tertiary/aromatic N) is 2. The van der Waals surface area contributed by atoms with Crippen molar-refractivity contribution in [1.82, 2.24) is 0 Å². The molecule has 88 valence electrons. The number of carbonyl (C=O) groups excluding carboxylic acids is 1. The van der Waals surface area contributed by atoms with E-state index in [4.69, 9.17) is 5.26 Å². The number of hydrogen-bond acceptors (Lipinski definition) is 3. The molecule has 0 radical (unpaired) electrons. The first-order chi connectivity index (χ1) is 7.98. The van der Waals surface area contributed by atoms with Crippen molar-refractivity contribution < 1.29 is 9.18 Å². The standard InChI is InChI=1S/C13H13FN2O/c1-16(2)12-4-3-9(5-11(12)14)13(8-15)6-10(17)7-13/h3-5H,6-7H2,1-2H3. The topological polar surface area (TPSA) is 44.1 Å². The van der Waals surface area contributed by atoms with Crippen molar-refractivity contribution in [2.45, 2.75) is 18.3 Å². The average Bonchev–Trinajstić information content (AvgIpc) is 2.23. The van der Waals surface area contributed by atoms with Crippen LogP contribution in [0.4, 0.5) is 10.1 Å². The van der Waals surface area contributed by atoms with Gasteiger partial charge in [-0.15, -0.1) is 0 Å². The summed E-state index contributed by atoms with van der Waals surface area (Å²) in [6.45, 7) is 0. The van der Waals surface area contributed by atoms with Gasteiger partial charge in [0.2, 0.25) is 0 Å². The molecule has 1 aliphatic carbocycles. The lowest BCUT2D eigenvalue weighted by Crippen LogP contribution is -2.40. The van der Waals surface area contributed by atoms with Gasteiger partial charge >= 0.3 is 0 Å². The van der Waals surface area contributed by atoms with Gasteiger partial charge in [0.05, 0.1) is 17.2 Å². The number of halogens is 1. The molecule has 0 atom stereocenters. The Balaban J connectivity index is 2.39. The van der Waals surface area contributed by atoms with E-state index >= 15 is 0 Å². The van der Waals surface area contributed by atoms with Crippen molar-refractivity contribution in [2.24, 2.45) is 0 Å². The minimum absolute atomic E-state index is 0.0589. The van der Waals surface area contributed by atoms with E-state index in [1.807, 2.05) is 0 Å². The third-order valence-corrected chi connectivity index (χ3v) is 3.19. The molecule has 1 aromatic rings. The summed E-state index contributed by atoms with van der Waals surface area (Å²) in [5.74, 6) is -0.301. The van der Waals surface area contributed by atoms with Crippen LogP contribution in [-0.4, -0.2) is 19.9 Å². The Morgan fingerprint density at radius 1 is 1.41 bits per heavy atom. The summed E-state index contributed by atoms with van der Waals surface area (Å²) in [7, 11) is 3.51. The molecule has 1 saturated carbocycles. The average molecular weight is 232 g/mol. The molecule has 4 heteroatoms. The first-order valence-electron chi connectivity index (χ1n) is 5.39. The Hall–Kier alpha value is -1.89. The minimum Gasteiger partial charge on any atom is -0.375 e. The molecule has 17 heavy (non-hydrogen) atoms. The highest BCUT2D eigenvalue weighted by Crippen LogP contribution is 2.41. The SMILES string of the molecule is CN(C)c1ccc(C2(C#N)CC(=O)C2)cc1F. The monoisotopic (exact) mass is 232 g/mol. The Bertz CT molecular complexity index is 509. The van der Waals surface area contributed by atoms with Crippen molar-refractivity contribution >= 4 is 11.5 Å². The zero-order valence-electron chi connectivity index (χ0n) is 9.83. The second-order valence-electron chi connectivity index (χ2n) is 4.65. The summed E-state index contributed by atoms with van der Waals surface area (Å²) >= 11 is 0. The number of benzene rings is 1. The molecular weight excluding hydrogens is 219 g/mol. The van der Waals surface area contributed by atoms with Gasteiger partial charge in [0.1, 0.15) is 11.6 Å². The van der Waals surface area contributed by atoms with Crippen LogP contribution in [-0.2, 0) is 10.2 Å². The zero-order chi connectivity index (χ0) is 12.6. The van der Waals surface area contributed by atoms with Gasteiger partial charge in [0, 0.05) is 26.9 Å². The third kappa shape index (κ3) is 1.78. The third-order valence-electron chi connectivity index (χ3n) is 3.19. The van der Waals surface area contributed by atoms with Crippen molar-refractivity contribution in [3.8, 4) is 6.07 Å². The zero-order valence-corrected chi connectivity index (χ0v) is 9.83. The van der Waals surface area contributed by atoms with Crippen LogP contribution in [0.1, 0.15) is 18.4 Å². The fourth-order valence-corrected chi connectivity index (χ4v) is 2.14. The van der Waals surface area contributed by atoms with Gasteiger partial charge in [-0.2, -0.15) is 5.26 Å². The summed E-state index contributed by atoms with van der Waals surface area (Å²) < 4.78 is 13.8. The maximum Gasteiger partial charge on any atom is 0.146 e. The summed E-state index contributed by atoms with van der Waals surface area (Å²) in [4.78, 5) is 12.7. The van der Waals surface area contributed by atoms with Crippen LogP contribution in [0.25, 0.3) is 0 Å². The van der Waals surface area contributed by atoms with Crippen LogP contribution in [0.15, 0.2) is 18.2 Å². The molecule has 0 heterocycles. The quantitative estimate of drug-likeness (QED) is 0.783. The van der Waals surface area contributed by atoms with Gasteiger partial charge in [-0.3, -0.25) is 4.79 Å². The molecule has 0 spiro atoms. The number of ketones is 1.